The van der Waals surface area contributed by atoms with Gasteiger partial charge < -0.3 is 9.64 Å². The van der Waals surface area contributed by atoms with Crippen LogP contribution in [0.25, 0.3) is 10.4 Å². The van der Waals surface area contributed by atoms with E-state index in [0.29, 0.717) is 26.1 Å². The summed E-state index contributed by atoms with van der Waals surface area (Å²) in [6, 6.07) is 7.68. The number of hydrogen-bond donors (Lipinski definition) is 0. The highest BCUT2D eigenvalue weighted by molar-refractivity contribution is 5.78. The van der Waals surface area contributed by atoms with Crippen molar-refractivity contribution in [1.29, 1.82) is 0 Å². The van der Waals surface area contributed by atoms with Gasteiger partial charge in [-0.15, -0.1) is 0 Å². The molecule has 1 unspecified atom stereocenters. The van der Waals surface area contributed by atoms with E-state index in [4.69, 9.17) is 10.3 Å². The molecule has 1 saturated heterocycles. The Morgan fingerprint density at radius 3 is 3.16 bits per heavy atom. The number of ether oxygens (including phenoxy) is 1. The molecular formula is C13H16N4O2. The van der Waals surface area contributed by atoms with Gasteiger partial charge in [-0.2, -0.15) is 0 Å². The molecule has 1 aliphatic rings. The molecule has 0 bridgehead atoms. The molecule has 0 saturated carbocycles. The van der Waals surface area contributed by atoms with Crippen LogP contribution in [0.4, 0.5) is 0 Å². The molecule has 6 heteroatoms. The summed E-state index contributed by atoms with van der Waals surface area (Å²) in [5.41, 5.74) is 9.34. The first-order chi connectivity index (χ1) is 9.22. The van der Waals surface area contributed by atoms with Crippen molar-refractivity contribution in [3.63, 3.8) is 0 Å². The van der Waals surface area contributed by atoms with Crippen molar-refractivity contribution in [2.24, 2.45) is 11.0 Å². The number of carbonyl (C=O) groups is 1. The SMILES string of the molecule is COc1cccc(CN2CC(CN=[N+]=[N-])CC2=O)c1. The minimum absolute atomic E-state index is 0.112. The Morgan fingerprint density at radius 2 is 2.42 bits per heavy atom. The third-order valence-electron chi connectivity index (χ3n) is 3.21. The number of hydrogen-bond acceptors (Lipinski definition) is 3. The molecule has 1 amide bonds. The molecule has 0 radical (unpaired) electrons. The monoisotopic (exact) mass is 260 g/mol. The van der Waals surface area contributed by atoms with Gasteiger partial charge in [0.1, 0.15) is 5.75 Å². The second kappa shape index (κ2) is 6.11. The van der Waals surface area contributed by atoms with Gasteiger partial charge in [-0.25, -0.2) is 0 Å². The van der Waals surface area contributed by atoms with Crippen LogP contribution in [0.1, 0.15) is 12.0 Å². The molecule has 19 heavy (non-hydrogen) atoms. The van der Waals surface area contributed by atoms with Crippen molar-refractivity contribution < 1.29 is 9.53 Å². The molecule has 100 valence electrons. The van der Waals surface area contributed by atoms with E-state index in [1.54, 1.807) is 12.0 Å². The van der Waals surface area contributed by atoms with Gasteiger partial charge in [0.15, 0.2) is 0 Å². The molecule has 6 nitrogen and oxygen atoms in total. The summed E-state index contributed by atoms with van der Waals surface area (Å²) in [6.07, 6.45) is 0.461. The second-order valence-electron chi connectivity index (χ2n) is 4.61. The first kappa shape index (κ1) is 13.2. The minimum atomic E-state index is 0.112. The maximum Gasteiger partial charge on any atom is 0.223 e. The number of likely N-dealkylation sites (tertiary alicyclic amines) is 1. The summed E-state index contributed by atoms with van der Waals surface area (Å²) < 4.78 is 5.16. The number of amides is 1. The summed E-state index contributed by atoms with van der Waals surface area (Å²) in [7, 11) is 1.62. The smallest absolute Gasteiger partial charge is 0.223 e. The molecule has 0 aliphatic carbocycles. The summed E-state index contributed by atoms with van der Waals surface area (Å²) in [4.78, 5) is 16.4. The highest BCUT2D eigenvalue weighted by Gasteiger charge is 2.28. The quantitative estimate of drug-likeness (QED) is 0.463. The fourth-order valence-corrected chi connectivity index (χ4v) is 2.27. The average Bonchev–Trinajstić information content (AvgIpc) is 2.77. The Morgan fingerprint density at radius 1 is 1.58 bits per heavy atom. The van der Waals surface area contributed by atoms with Crippen molar-refractivity contribution >= 4 is 5.91 Å². The lowest BCUT2D eigenvalue weighted by atomic mass is 10.1. The van der Waals surface area contributed by atoms with E-state index in [-0.39, 0.29) is 11.8 Å². The topological polar surface area (TPSA) is 78.3 Å². The lowest BCUT2D eigenvalue weighted by Crippen LogP contribution is -2.24. The van der Waals surface area contributed by atoms with E-state index in [1.165, 1.54) is 0 Å². The van der Waals surface area contributed by atoms with Crippen LogP contribution in [-0.2, 0) is 11.3 Å². The van der Waals surface area contributed by atoms with Crippen LogP contribution < -0.4 is 4.74 Å². The van der Waals surface area contributed by atoms with Crippen molar-refractivity contribution in [2.75, 3.05) is 20.2 Å². The van der Waals surface area contributed by atoms with Crippen LogP contribution in [0.2, 0.25) is 0 Å². The van der Waals surface area contributed by atoms with Crippen LogP contribution >= 0.6 is 0 Å². The van der Waals surface area contributed by atoms with Gasteiger partial charge in [-0.1, -0.05) is 17.2 Å². The normalized spacial score (nSPS) is 18.3. The van der Waals surface area contributed by atoms with Crippen molar-refractivity contribution in [2.45, 2.75) is 13.0 Å². The van der Waals surface area contributed by atoms with Gasteiger partial charge in [-0.05, 0) is 29.1 Å². The molecule has 1 aromatic rings. The minimum Gasteiger partial charge on any atom is -0.497 e. The predicted molar refractivity (Wildman–Crippen MR) is 70.5 cm³/mol. The molecular weight excluding hydrogens is 244 g/mol. The summed E-state index contributed by atoms with van der Waals surface area (Å²) in [5.74, 6) is 1.03. The van der Waals surface area contributed by atoms with E-state index in [0.717, 1.165) is 11.3 Å². The van der Waals surface area contributed by atoms with Gasteiger partial charge in [0.05, 0.1) is 7.11 Å². The van der Waals surface area contributed by atoms with Crippen LogP contribution in [0.3, 0.4) is 0 Å². The number of azide groups is 1. The zero-order chi connectivity index (χ0) is 13.7. The van der Waals surface area contributed by atoms with Gasteiger partial charge in [0.2, 0.25) is 5.91 Å². The zero-order valence-electron chi connectivity index (χ0n) is 10.8. The van der Waals surface area contributed by atoms with E-state index >= 15 is 0 Å². The number of carbonyl (C=O) groups excluding carboxylic acids is 1. The van der Waals surface area contributed by atoms with E-state index in [1.807, 2.05) is 24.3 Å². The van der Waals surface area contributed by atoms with E-state index in [2.05, 4.69) is 10.0 Å². The summed E-state index contributed by atoms with van der Waals surface area (Å²) in [5, 5.41) is 3.54. The van der Waals surface area contributed by atoms with Crippen molar-refractivity contribution in [1.82, 2.24) is 4.90 Å². The fourth-order valence-electron chi connectivity index (χ4n) is 2.27. The van der Waals surface area contributed by atoms with Crippen molar-refractivity contribution in [3.8, 4) is 5.75 Å². The number of benzene rings is 1. The lowest BCUT2D eigenvalue weighted by Gasteiger charge is -2.16. The highest BCUT2D eigenvalue weighted by atomic mass is 16.5. The number of rotatable bonds is 5. The second-order valence-corrected chi connectivity index (χ2v) is 4.61. The van der Waals surface area contributed by atoms with Crippen molar-refractivity contribution in [3.05, 3.63) is 40.3 Å². The number of nitrogens with zero attached hydrogens (tertiary/aromatic N) is 4. The van der Waals surface area contributed by atoms with Crippen LogP contribution in [0.5, 0.6) is 5.75 Å². The summed E-state index contributed by atoms with van der Waals surface area (Å²) in [6.45, 7) is 1.61. The Labute approximate surface area is 111 Å². The molecule has 1 aromatic carbocycles. The highest BCUT2D eigenvalue weighted by Crippen LogP contribution is 2.22. The third kappa shape index (κ3) is 3.39. The summed E-state index contributed by atoms with van der Waals surface area (Å²) >= 11 is 0. The van der Waals surface area contributed by atoms with Gasteiger partial charge in [0, 0.05) is 31.0 Å². The molecule has 1 atom stereocenters. The zero-order valence-corrected chi connectivity index (χ0v) is 10.8. The average molecular weight is 260 g/mol. The predicted octanol–water partition coefficient (Wildman–Crippen LogP) is 2.35. The third-order valence-corrected chi connectivity index (χ3v) is 3.21. The van der Waals surface area contributed by atoms with Gasteiger partial charge >= 0.3 is 0 Å². The first-order valence-corrected chi connectivity index (χ1v) is 6.14. The largest absolute Gasteiger partial charge is 0.497 e. The van der Waals surface area contributed by atoms with E-state index < -0.39 is 0 Å². The molecule has 2 rings (SSSR count). The standard InChI is InChI=1S/C13H16N4O2/c1-19-12-4-2-3-10(5-12)8-17-9-11(6-13(17)18)7-15-16-14/h2-5,11H,6-9H2,1H3. The maximum atomic E-state index is 11.9. The van der Waals surface area contributed by atoms with Gasteiger partial charge in [0.25, 0.3) is 0 Å². The maximum absolute atomic E-state index is 11.9. The Hall–Kier alpha value is -2.20. The van der Waals surface area contributed by atoms with E-state index in [9.17, 15) is 4.79 Å². The Balaban J connectivity index is 1.99. The molecule has 0 aromatic heterocycles. The lowest BCUT2D eigenvalue weighted by molar-refractivity contribution is -0.128. The van der Waals surface area contributed by atoms with Crippen LogP contribution in [0.15, 0.2) is 29.4 Å². The fraction of sp³-hybridized carbons (Fsp3) is 0.462. The molecule has 1 heterocycles. The van der Waals surface area contributed by atoms with Gasteiger partial charge in [-0.3, -0.25) is 4.79 Å². The Kier molecular flexibility index (Phi) is 4.26. The number of methoxy groups -OCH3 is 1. The first-order valence-electron chi connectivity index (χ1n) is 6.14. The molecule has 1 aliphatic heterocycles. The van der Waals surface area contributed by atoms with Crippen LogP contribution in [-0.4, -0.2) is 31.0 Å². The molecule has 0 spiro atoms. The molecule has 1 fully saturated rings. The van der Waals surface area contributed by atoms with Crippen LogP contribution in [0, 0.1) is 5.92 Å². The Bertz CT molecular complexity index is 511. The molecule has 0 N–H and O–H groups in total.